The lowest BCUT2D eigenvalue weighted by atomic mass is 10.1. The van der Waals surface area contributed by atoms with Gasteiger partial charge in [0.25, 0.3) is 0 Å². The van der Waals surface area contributed by atoms with E-state index in [0.29, 0.717) is 26.0 Å². The molecular weight excluding hydrogens is 235 g/mol. The molecule has 0 radical (unpaired) electrons. The van der Waals surface area contributed by atoms with Crippen molar-refractivity contribution < 1.29 is 14.0 Å². The average Bonchev–Trinajstić information content (AvgIpc) is 2.67. The monoisotopic (exact) mass is 250 g/mol. The summed E-state index contributed by atoms with van der Waals surface area (Å²) in [6.45, 7) is 0.780. The van der Waals surface area contributed by atoms with Crippen molar-refractivity contribution in [1.82, 2.24) is 9.96 Å². The van der Waals surface area contributed by atoms with Crippen molar-refractivity contribution in [2.24, 2.45) is 0 Å². The van der Waals surface area contributed by atoms with Gasteiger partial charge in [-0.15, -0.1) is 0 Å². The summed E-state index contributed by atoms with van der Waals surface area (Å²) in [7, 11) is 0. The van der Waals surface area contributed by atoms with E-state index in [4.69, 9.17) is 4.84 Å². The molecule has 1 aromatic carbocycles. The maximum Gasteiger partial charge on any atom is 0.346 e. The Morgan fingerprint density at radius 2 is 2.06 bits per heavy atom. The molecule has 0 N–H and O–H groups in total. The summed E-state index contributed by atoms with van der Waals surface area (Å²) in [5.41, 5.74) is 0.999. The van der Waals surface area contributed by atoms with Crippen LogP contribution < -0.4 is 0 Å². The third kappa shape index (κ3) is 1.95. The van der Waals surface area contributed by atoms with Crippen LogP contribution in [0.15, 0.2) is 30.3 Å². The molecule has 0 saturated carbocycles. The fraction of sp³-hybridized carbons (Fsp3) is 0.462. The van der Waals surface area contributed by atoms with E-state index in [1.807, 2.05) is 30.3 Å². The number of fused-ring (bicyclic) bond motifs is 2. The second kappa shape index (κ2) is 4.57. The largest absolute Gasteiger partial charge is 0.346 e. The maximum atomic E-state index is 13.5. The van der Waals surface area contributed by atoms with E-state index in [1.165, 1.54) is 9.96 Å². The summed E-state index contributed by atoms with van der Waals surface area (Å²) >= 11 is 0. The first kappa shape index (κ1) is 11.5. The third-order valence-corrected chi connectivity index (χ3v) is 3.46. The van der Waals surface area contributed by atoms with Crippen molar-refractivity contribution in [2.45, 2.75) is 31.8 Å². The molecule has 4 nitrogen and oxygen atoms in total. The molecule has 2 atom stereocenters. The van der Waals surface area contributed by atoms with Crippen LogP contribution in [0.25, 0.3) is 0 Å². The molecule has 0 spiro atoms. The summed E-state index contributed by atoms with van der Waals surface area (Å²) in [6.07, 6.45) is -0.0844. The van der Waals surface area contributed by atoms with Gasteiger partial charge >= 0.3 is 6.03 Å². The standard InChI is InChI=1S/C13H15FN2O2/c14-12-7-6-11-8-15(12)13(17)16(11)18-9-10-4-2-1-3-5-10/h1-5,11-12H,6-9H2/t11-,12+/m1/s1. The van der Waals surface area contributed by atoms with Gasteiger partial charge in [0.05, 0.1) is 6.04 Å². The van der Waals surface area contributed by atoms with E-state index in [1.54, 1.807) is 0 Å². The quantitative estimate of drug-likeness (QED) is 0.771. The van der Waals surface area contributed by atoms with Crippen LogP contribution in [0.2, 0.25) is 0 Å². The van der Waals surface area contributed by atoms with E-state index in [0.717, 1.165) is 5.56 Å². The van der Waals surface area contributed by atoms with Crippen molar-refractivity contribution in [1.29, 1.82) is 0 Å². The second-order valence-electron chi connectivity index (χ2n) is 4.69. The normalized spacial score (nSPS) is 26.8. The average molecular weight is 250 g/mol. The highest BCUT2D eigenvalue weighted by Crippen LogP contribution is 2.30. The first-order valence-corrected chi connectivity index (χ1v) is 6.16. The van der Waals surface area contributed by atoms with Crippen LogP contribution in [-0.2, 0) is 11.4 Å². The molecule has 0 aliphatic carbocycles. The van der Waals surface area contributed by atoms with Crippen molar-refractivity contribution in [2.75, 3.05) is 6.54 Å². The lowest BCUT2D eigenvalue weighted by molar-refractivity contribution is -0.140. The van der Waals surface area contributed by atoms with Gasteiger partial charge < -0.3 is 0 Å². The van der Waals surface area contributed by atoms with Gasteiger partial charge in [-0.2, -0.15) is 5.06 Å². The van der Waals surface area contributed by atoms with Gasteiger partial charge in [0.2, 0.25) is 0 Å². The number of alkyl halides is 1. The van der Waals surface area contributed by atoms with Gasteiger partial charge in [-0.25, -0.2) is 9.18 Å². The number of halogens is 1. The summed E-state index contributed by atoms with van der Waals surface area (Å²) in [5, 5.41) is 1.34. The van der Waals surface area contributed by atoms with E-state index in [-0.39, 0.29) is 12.1 Å². The lowest BCUT2D eigenvalue weighted by Crippen LogP contribution is -2.36. The van der Waals surface area contributed by atoms with Crippen molar-refractivity contribution >= 4 is 6.03 Å². The Hall–Kier alpha value is -1.62. The van der Waals surface area contributed by atoms with E-state index in [9.17, 15) is 9.18 Å². The zero-order valence-corrected chi connectivity index (χ0v) is 9.96. The zero-order valence-electron chi connectivity index (χ0n) is 9.96. The highest BCUT2D eigenvalue weighted by molar-refractivity contribution is 5.76. The zero-order chi connectivity index (χ0) is 12.5. The molecule has 1 aromatic rings. The summed E-state index contributed by atoms with van der Waals surface area (Å²) in [6, 6.07) is 9.29. The fourth-order valence-electron chi connectivity index (χ4n) is 2.47. The van der Waals surface area contributed by atoms with E-state index >= 15 is 0 Å². The number of carbonyl (C=O) groups excluding carboxylic acids is 1. The summed E-state index contributed by atoms with van der Waals surface area (Å²) < 4.78 is 13.5. The number of urea groups is 1. The van der Waals surface area contributed by atoms with Gasteiger partial charge in [-0.05, 0) is 18.4 Å². The Bertz CT molecular complexity index is 440. The molecule has 2 aliphatic rings. The summed E-state index contributed by atoms with van der Waals surface area (Å²) in [5.74, 6) is 0. The van der Waals surface area contributed by atoms with Crippen molar-refractivity contribution in [3.05, 3.63) is 35.9 Å². The Balaban J connectivity index is 1.65. The lowest BCUT2D eigenvalue weighted by Gasteiger charge is -2.24. The highest BCUT2D eigenvalue weighted by atomic mass is 19.1. The maximum absolute atomic E-state index is 13.5. The Kier molecular flexibility index (Phi) is 2.91. The van der Waals surface area contributed by atoms with E-state index < -0.39 is 6.30 Å². The number of hydrogen-bond donors (Lipinski definition) is 0. The second-order valence-corrected chi connectivity index (χ2v) is 4.69. The van der Waals surface area contributed by atoms with Crippen molar-refractivity contribution in [3.63, 3.8) is 0 Å². The van der Waals surface area contributed by atoms with Gasteiger partial charge in [0.15, 0.2) is 6.30 Å². The first-order chi connectivity index (χ1) is 8.75. The van der Waals surface area contributed by atoms with Gasteiger partial charge in [0, 0.05) is 6.54 Å². The molecule has 2 heterocycles. The number of hydroxylamine groups is 2. The molecular formula is C13H15FN2O2. The topological polar surface area (TPSA) is 32.8 Å². The number of carbonyl (C=O) groups is 1. The molecule has 5 heteroatoms. The minimum atomic E-state index is -1.15. The number of nitrogens with zero attached hydrogens (tertiary/aromatic N) is 2. The van der Waals surface area contributed by atoms with Crippen LogP contribution in [0.4, 0.5) is 9.18 Å². The van der Waals surface area contributed by atoms with Crippen LogP contribution >= 0.6 is 0 Å². The SMILES string of the molecule is O=C1N2C[C@@H](CC[C@H]2F)N1OCc1ccccc1. The molecule has 2 aliphatic heterocycles. The van der Waals surface area contributed by atoms with Gasteiger partial charge in [-0.3, -0.25) is 9.74 Å². The number of hydrogen-bond acceptors (Lipinski definition) is 2. The van der Waals surface area contributed by atoms with Crippen LogP contribution in [0.1, 0.15) is 18.4 Å². The molecule has 2 saturated heterocycles. The number of piperidine rings is 1. The molecule has 18 heavy (non-hydrogen) atoms. The predicted molar refractivity (Wildman–Crippen MR) is 63.1 cm³/mol. The first-order valence-electron chi connectivity index (χ1n) is 6.16. The molecule has 2 amide bonds. The minimum absolute atomic E-state index is 0.00628. The van der Waals surface area contributed by atoms with Crippen molar-refractivity contribution in [3.8, 4) is 0 Å². The Morgan fingerprint density at radius 3 is 2.78 bits per heavy atom. The molecule has 2 fully saturated rings. The molecule has 96 valence electrons. The minimum Gasteiger partial charge on any atom is -0.290 e. The Morgan fingerprint density at radius 1 is 1.28 bits per heavy atom. The van der Waals surface area contributed by atoms with Crippen LogP contribution in [0.5, 0.6) is 0 Å². The molecule has 0 aromatic heterocycles. The van der Waals surface area contributed by atoms with E-state index in [2.05, 4.69) is 0 Å². The van der Waals surface area contributed by atoms with Gasteiger partial charge in [-0.1, -0.05) is 30.3 Å². The number of rotatable bonds is 3. The summed E-state index contributed by atoms with van der Waals surface area (Å²) in [4.78, 5) is 18.7. The van der Waals surface area contributed by atoms with Crippen LogP contribution in [0.3, 0.4) is 0 Å². The fourth-order valence-corrected chi connectivity index (χ4v) is 2.47. The third-order valence-electron chi connectivity index (χ3n) is 3.46. The number of amides is 2. The van der Waals surface area contributed by atoms with Crippen LogP contribution in [0, 0.1) is 0 Å². The molecule has 2 bridgehead atoms. The number of benzene rings is 1. The van der Waals surface area contributed by atoms with Gasteiger partial charge in [0.1, 0.15) is 6.61 Å². The van der Waals surface area contributed by atoms with Crippen LogP contribution in [-0.4, -0.2) is 34.9 Å². The Labute approximate surface area is 105 Å². The molecule has 0 unspecified atom stereocenters. The predicted octanol–water partition coefficient (Wildman–Crippen LogP) is 2.31. The highest BCUT2D eigenvalue weighted by Gasteiger charge is 2.45. The smallest absolute Gasteiger partial charge is 0.290 e. The molecule has 3 rings (SSSR count).